The maximum atomic E-state index is 11.9. The standard InChI is InChI=1S/C14H8O10Se/c15-4-1-3(2-5(16)7(4)17)13(21)23-24-14(22)6-11-9(19)8(18)10(20)12(6)25-11/h1-2,15-20H. The Kier molecular flexibility index (Phi) is 3.74. The van der Waals surface area contributed by atoms with Crippen molar-refractivity contribution in [3.8, 4) is 34.5 Å². The van der Waals surface area contributed by atoms with Gasteiger partial charge in [-0.05, 0) is 0 Å². The zero-order valence-corrected chi connectivity index (χ0v) is 13.6. The third-order valence-corrected chi connectivity index (χ3v) is 5.76. The third-order valence-electron chi connectivity index (χ3n) is 3.24. The Bertz CT molecular complexity index is 884. The summed E-state index contributed by atoms with van der Waals surface area (Å²) in [4.78, 5) is 32.3. The van der Waals surface area contributed by atoms with Crippen molar-refractivity contribution < 1.29 is 50.0 Å². The number of phenols is 6. The molecule has 2 aromatic carbocycles. The van der Waals surface area contributed by atoms with Gasteiger partial charge in [-0.1, -0.05) is 0 Å². The van der Waals surface area contributed by atoms with Crippen molar-refractivity contribution in [3.05, 3.63) is 23.3 Å². The quantitative estimate of drug-likeness (QED) is 0.129. The van der Waals surface area contributed by atoms with Gasteiger partial charge in [0.1, 0.15) is 0 Å². The summed E-state index contributed by atoms with van der Waals surface area (Å²) >= 11 is -0.562. The molecular weight excluding hydrogens is 407 g/mol. The summed E-state index contributed by atoms with van der Waals surface area (Å²) < 4.78 is 0.164. The van der Waals surface area contributed by atoms with Crippen LogP contribution in [-0.4, -0.2) is 57.5 Å². The molecule has 0 saturated carbocycles. The first-order valence-corrected chi connectivity index (χ1v) is 8.10. The fraction of sp³-hybridized carbons (Fsp3) is 0. The molecule has 6 N–H and O–H groups in total. The molecule has 2 aromatic rings. The molecule has 0 aliphatic carbocycles. The molecule has 0 unspecified atom stereocenters. The summed E-state index contributed by atoms with van der Waals surface area (Å²) in [6.45, 7) is 0. The number of carbonyl (C=O) groups excluding carboxylic acids is 2. The van der Waals surface area contributed by atoms with Crippen LogP contribution in [0.25, 0.3) is 0 Å². The first kappa shape index (κ1) is 16.6. The molecule has 3 rings (SSSR count). The molecule has 2 bridgehead atoms. The van der Waals surface area contributed by atoms with E-state index in [0.717, 1.165) is 12.1 Å². The maximum absolute atomic E-state index is 11.9. The molecule has 1 heterocycles. The fourth-order valence-corrected chi connectivity index (χ4v) is 4.12. The SMILES string of the molecule is O=C(OOC(=O)c1c2c(O)c(O)c(O)c1[Se]2)c1cc(O)c(O)c(O)c1. The van der Waals surface area contributed by atoms with E-state index in [1.165, 1.54) is 0 Å². The van der Waals surface area contributed by atoms with Gasteiger partial charge < -0.3 is 0 Å². The van der Waals surface area contributed by atoms with E-state index in [9.17, 15) is 40.2 Å². The van der Waals surface area contributed by atoms with Crippen molar-refractivity contribution in [2.75, 3.05) is 0 Å². The van der Waals surface area contributed by atoms with Crippen LogP contribution in [0.3, 0.4) is 0 Å². The van der Waals surface area contributed by atoms with Crippen molar-refractivity contribution >= 4 is 35.8 Å². The van der Waals surface area contributed by atoms with Crippen molar-refractivity contribution in [1.82, 2.24) is 0 Å². The number of carbonyl (C=O) groups is 2. The van der Waals surface area contributed by atoms with Gasteiger partial charge in [0.05, 0.1) is 0 Å². The van der Waals surface area contributed by atoms with Crippen LogP contribution in [-0.2, 0) is 9.78 Å². The predicted molar refractivity (Wildman–Crippen MR) is 78.7 cm³/mol. The molecule has 0 saturated heterocycles. The van der Waals surface area contributed by atoms with E-state index >= 15 is 0 Å². The molecule has 0 spiro atoms. The summed E-state index contributed by atoms with van der Waals surface area (Å²) in [7, 11) is 0. The van der Waals surface area contributed by atoms with Crippen molar-refractivity contribution in [2.45, 2.75) is 0 Å². The van der Waals surface area contributed by atoms with Gasteiger partial charge in [0.2, 0.25) is 0 Å². The number of fused-ring (bicyclic) bond motifs is 2. The summed E-state index contributed by atoms with van der Waals surface area (Å²) in [5, 5.41) is 56.4. The second-order valence-corrected chi connectivity index (χ2v) is 6.93. The van der Waals surface area contributed by atoms with Crippen LogP contribution in [0.15, 0.2) is 12.1 Å². The molecule has 0 amide bonds. The molecule has 25 heavy (non-hydrogen) atoms. The summed E-state index contributed by atoms with van der Waals surface area (Å²) in [5.41, 5.74) is -0.643. The Hall–Kier alpha value is -3.30. The van der Waals surface area contributed by atoms with Crippen LogP contribution >= 0.6 is 0 Å². The molecule has 130 valence electrons. The van der Waals surface area contributed by atoms with E-state index in [1.54, 1.807) is 0 Å². The number of hydrogen-bond acceptors (Lipinski definition) is 10. The Morgan fingerprint density at radius 1 is 0.720 bits per heavy atom. The summed E-state index contributed by atoms with van der Waals surface area (Å²) in [5.74, 6) is -6.93. The van der Waals surface area contributed by atoms with Gasteiger partial charge in [-0.15, -0.1) is 0 Å². The van der Waals surface area contributed by atoms with Crippen molar-refractivity contribution in [2.24, 2.45) is 0 Å². The molecule has 0 atom stereocenters. The van der Waals surface area contributed by atoms with E-state index < -0.39 is 67.0 Å². The zero-order chi connectivity index (χ0) is 18.5. The minimum atomic E-state index is -1.26. The minimum absolute atomic E-state index is 0.0822. The first-order chi connectivity index (χ1) is 11.7. The fourth-order valence-electron chi connectivity index (χ4n) is 1.99. The second kappa shape index (κ2) is 5.65. The predicted octanol–water partition coefficient (Wildman–Crippen LogP) is -1.18. The Balaban J connectivity index is 1.75. The topological polar surface area (TPSA) is 174 Å². The Morgan fingerprint density at radius 3 is 1.72 bits per heavy atom. The van der Waals surface area contributed by atoms with E-state index in [-0.39, 0.29) is 14.5 Å². The van der Waals surface area contributed by atoms with Gasteiger partial charge in [-0.2, -0.15) is 0 Å². The van der Waals surface area contributed by atoms with Gasteiger partial charge in [-0.25, -0.2) is 0 Å². The molecule has 0 aromatic heterocycles. The van der Waals surface area contributed by atoms with Crippen LogP contribution in [0.1, 0.15) is 20.7 Å². The van der Waals surface area contributed by atoms with Crippen LogP contribution in [0, 0.1) is 0 Å². The molecule has 1 aliphatic heterocycles. The number of benzene rings is 2. The van der Waals surface area contributed by atoms with E-state index in [2.05, 4.69) is 9.78 Å². The molecule has 0 radical (unpaired) electrons. The Morgan fingerprint density at radius 2 is 1.20 bits per heavy atom. The van der Waals surface area contributed by atoms with Crippen LogP contribution in [0.2, 0.25) is 0 Å². The first-order valence-electron chi connectivity index (χ1n) is 6.39. The summed E-state index contributed by atoms with van der Waals surface area (Å²) in [6.07, 6.45) is 0. The molecule has 10 nitrogen and oxygen atoms in total. The molecular formula is C14H8O10Se. The summed E-state index contributed by atoms with van der Waals surface area (Å²) in [6, 6.07) is 1.55. The zero-order valence-electron chi connectivity index (χ0n) is 11.9. The van der Waals surface area contributed by atoms with Crippen LogP contribution < -0.4 is 8.92 Å². The van der Waals surface area contributed by atoms with Crippen LogP contribution in [0.5, 0.6) is 34.5 Å². The number of rotatable bonds is 2. The van der Waals surface area contributed by atoms with E-state index in [4.69, 9.17) is 0 Å². The average molecular weight is 415 g/mol. The molecule has 0 fully saturated rings. The van der Waals surface area contributed by atoms with Gasteiger partial charge in [0.25, 0.3) is 0 Å². The number of aromatic hydroxyl groups is 6. The van der Waals surface area contributed by atoms with Crippen molar-refractivity contribution in [1.29, 1.82) is 0 Å². The van der Waals surface area contributed by atoms with Crippen LogP contribution in [0.4, 0.5) is 0 Å². The molecule has 11 heteroatoms. The van der Waals surface area contributed by atoms with Gasteiger partial charge in [0, 0.05) is 0 Å². The number of hydrogen-bond donors (Lipinski definition) is 6. The second-order valence-electron chi connectivity index (χ2n) is 4.79. The number of phenolic OH excluding ortho intramolecular Hbond substituents is 6. The Labute approximate surface area is 144 Å². The molecule has 1 aliphatic rings. The third kappa shape index (κ3) is 2.51. The van der Waals surface area contributed by atoms with E-state index in [0.29, 0.717) is 0 Å². The van der Waals surface area contributed by atoms with Gasteiger partial charge in [-0.3, -0.25) is 0 Å². The van der Waals surface area contributed by atoms with E-state index in [1.807, 2.05) is 0 Å². The monoisotopic (exact) mass is 416 g/mol. The van der Waals surface area contributed by atoms with Gasteiger partial charge >= 0.3 is 144 Å². The van der Waals surface area contributed by atoms with Gasteiger partial charge in [0.15, 0.2) is 0 Å². The normalized spacial score (nSPS) is 11.5. The average Bonchev–Trinajstić information content (AvgIpc) is 2.53. The van der Waals surface area contributed by atoms with Crippen molar-refractivity contribution in [3.63, 3.8) is 0 Å².